The van der Waals surface area contributed by atoms with Gasteiger partial charge in [0, 0.05) is 12.6 Å². The van der Waals surface area contributed by atoms with Gasteiger partial charge in [0.1, 0.15) is 0 Å². The molecule has 1 fully saturated rings. The second kappa shape index (κ2) is 9.87. The Morgan fingerprint density at radius 1 is 1.05 bits per heavy atom. The molecule has 0 atom stereocenters. The van der Waals surface area contributed by atoms with Gasteiger partial charge < -0.3 is 5.32 Å². The van der Waals surface area contributed by atoms with Crippen LogP contribution < -0.4 is 5.32 Å². The van der Waals surface area contributed by atoms with Gasteiger partial charge in [-0.1, -0.05) is 66.7 Å². The van der Waals surface area contributed by atoms with Gasteiger partial charge in [0.2, 0.25) is 0 Å². The average molecular weight is 296 g/mol. The third-order valence-corrected chi connectivity index (χ3v) is 5.51. The summed E-state index contributed by atoms with van der Waals surface area (Å²) in [6, 6.07) is 0.629. The number of rotatable bonds is 10. The van der Waals surface area contributed by atoms with E-state index in [9.17, 15) is 0 Å². The Morgan fingerprint density at radius 2 is 1.71 bits per heavy atom. The summed E-state index contributed by atoms with van der Waals surface area (Å²) in [6.45, 7) is 12.9. The van der Waals surface area contributed by atoms with Gasteiger partial charge in [0.25, 0.3) is 0 Å². The van der Waals surface area contributed by atoms with Crippen LogP contribution in [0.2, 0.25) is 0 Å². The van der Waals surface area contributed by atoms with Crippen LogP contribution in [0.5, 0.6) is 0 Å². The molecule has 0 amide bonds. The van der Waals surface area contributed by atoms with E-state index in [0.29, 0.717) is 11.5 Å². The summed E-state index contributed by atoms with van der Waals surface area (Å²) in [4.78, 5) is 0. The summed E-state index contributed by atoms with van der Waals surface area (Å²) in [5.74, 6) is 1.89. The van der Waals surface area contributed by atoms with Crippen molar-refractivity contribution in [3.63, 3.8) is 0 Å². The van der Waals surface area contributed by atoms with Gasteiger partial charge >= 0.3 is 0 Å². The van der Waals surface area contributed by atoms with Crippen LogP contribution in [0.25, 0.3) is 0 Å². The van der Waals surface area contributed by atoms with Crippen LogP contribution in [0.15, 0.2) is 0 Å². The molecule has 1 N–H and O–H groups in total. The molecule has 0 unspecified atom stereocenters. The van der Waals surface area contributed by atoms with E-state index in [0.717, 1.165) is 11.8 Å². The molecule has 21 heavy (non-hydrogen) atoms. The molecule has 0 aromatic carbocycles. The monoisotopic (exact) mass is 295 g/mol. The van der Waals surface area contributed by atoms with Crippen molar-refractivity contribution in [3.05, 3.63) is 0 Å². The molecule has 1 aliphatic rings. The molecular formula is C20H41N. The summed E-state index contributed by atoms with van der Waals surface area (Å²) in [6.07, 6.45) is 14.5. The van der Waals surface area contributed by atoms with Crippen molar-refractivity contribution in [2.75, 3.05) is 6.54 Å². The molecule has 0 radical (unpaired) electrons. The first kappa shape index (κ1) is 19.0. The highest BCUT2D eigenvalue weighted by Crippen LogP contribution is 2.44. The summed E-state index contributed by atoms with van der Waals surface area (Å²) in [7, 11) is 0. The molecule has 0 bridgehead atoms. The zero-order valence-corrected chi connectivity index (χ0v) is 15.5. The van der Waals surface area contributed by atoms with Crippen molar-refractivity contribution in [2.45, 2.75) is 105 Å². The van der Waals surface area contributed by atoms with E-state index < -0.39 is 0 Å². The lowest BCUT2D eigenvalue weighted by Gasteiger charge is -2.41. The fraction of sp³-hybridized carbons (Fsp3) is 1.00. The van der Waals surface area contributed by atoms with Gasteiger partial charge in [-0.15, -0.1) is 0 Å². The van der Waals surface area contributed by atoms with Crippen LogP contribution in [0.3, 0.4) is 0 Å². The van der Waals surface area contributed by atoms with Gasteiger partial charge in [-0.25, -0.2) is 0 Å². The van der Waals surface area contributed by atoms with Crippen LogP contribution in [0, 0.1) is 17.3 Å². The number of unbranched alkanes of at least 4 members (excludes halogenated alkanes) is 1. The lowest BCUT2D eigenvalue weighted by atomic mass is 9.66. The van der Waals surface area contributed by atoms with E-state index in [1.807, 2.05) is 0 Å². The zero-order valence-electron chi connectivity index (χ0n) is 15.5. The Kier molecular flexibility index (Phi) is 8.94. The van der Waals surface area contributed by atoms with Gasteiger partial charge in [-0.3, -0.25) is 0 Å². The maximum absolute atomic E-state index is 3.75. The number of hydrogen-bond acceptors (Lipinski definition) is 1. The second-order valence-electron chi connectivity index (χ2n) is 8.41. The SMILES string of the molecule is CCCCC1CCC(CCCC(C)C)(CNC(C)C)CC1. The zero-order chi connectivity index (χ0) is 15.7. The van der Waals surface area contributed by atoms with Gasteiger partial charge in [0.05, 0.1) is 0 Å². The van der Waals surface area contributed by atoms with Crippen LogP contribution in [-0.4, -0.2) is 12.6 Å². The molecule has 1 rings (SSSR count). The predicted molar refractivity (Wildman–Crippen MR) is 95.7 cm³/mol. The minimum absolute atomic E-state index is 0.613. The Balaban J connectivity index is 2.46. The molecule has 0 aromatic heterocycles. The van der Waals surface area contributed by atoms with Crippen molar-refractivity contribution in [1.82, 2.24) is 5.32 Å². The Labute approximate surface area is 134 Å². The highest BCUT2D eigenvalue weighted by atomic mass is 14.9. The maximum Gasteiger partial charge on any atom is 0.00106 e. The number of nitrogens with one attached hydrogen (secondary N) is 1. The quantitative estimate of drug-likeness (QED) is 0.507. The van der Waals surface area contributed by atoms with Gasteiger partial charge in [-0.05, 0) is 49.4 Å². The van der Waals surface area contributed by atoms with Crippen LogP contribution in [0.4, 0.5) is 0 Å². The normalized spacial score (nSPS) is 26.7. The fourth-order valence-electron chi connectivity index (χ4n) is 3.89. The first-order valence-electron chi connectivity index (χ1n) is 9.71. The maximum atomic E-state index is 3.75. The minimum atomic E-state index is 0.613. The number of hydrogen-bond donors (Lipinski definition) is 1. The lowest BCUT2D eigenvalue weighted by Crippen LogP contribution is -2.40. The molecule has 0 saturated heterocycles. The van der Waals surface area contributed by atoms with Crippen molar-refractivity contribution in [1.29, 1.82) is 0 Å². The fourth-order valence-corrected chi connectivity index (χ4v) is 3.89. The largest absolute Gasteiger partial charge is 0.314 e. The molecule has 1 saturated carbocycles. The molecular weight excluding hydrogens is 254 g/mol. The van der Waals surface area contributed by atoms with E-state index >= 15 is 0 Å². The summed E-state index contributed by atoms with van der Waals surface area (Å²) >= 11 is 0. The predicted octanol–water partition coefficient (Wildman–Crippen LogP) is 6.18. The van der Waals surface area contributed by atoms with Crippen molar-refractivity contribution < 1.29 is 0 Å². The van der Waals surface area contributed by atoms with E-state index in [4.69, 9.17) is 0 Å². The first-order valence-corrected chi connectivity index (χ1v) is 9.71. The van der Waals surface area contributed by atoms with Crippen molar-refractivity contribution in [2.24, 2.45) is 17.3 Å². The van der Waals surface area contributed by atoms with Crippen molar-refractivity contribution in [3.8, 4) is 0 Å². The topological polar surface area (TPSA) is 12.0 Å². The van der Waals surface area contributed by atoms with Gasteiger partial charge in [0.15, 0.2) is 0 Å². The van der Waals surface area contributed by atoms with Crippen LogP contribution >= 0.6 is 0 Å². The molecule has 1 nitrogen and oxygen atoms in total. The van der Waals surface area contributed by atoms with E-state index in [-0.39, 0.29) is 0 Å². The van der Waals surface area contributed by atoms with Crippen LogP contribution in [0.1, 0.15) is 98.8 Å². The highest BCUT2D eigenvalue weighted by molar-refractivity contribution is 4.88. The smallest absolute Gasteiger partial charge is 0.00106 e. The van der Waals surface area contributed by atoms with Crippen molar-refractivity contribution >= 4 is 0 Å². The molecule has 0 aliphatic heterocycles. The van der Waals surface area contributed by atoms with Crippen LogP contribution in [-0.2, 0) is 0 Å². The highest BCUT2D eigenvalue weighted by Gasteiger charge is 2.34. The second-order valence-corrected chi connectivity index (χ2v) is 8.41. The third kappa shape index (κ3) is 7.68. The van der Waals surface area contributed by atoms with Gasteiger partial charge in [-0.2, -0.15) is 0 Å². The molecule has 126 valence electrons. The van der Waals surface area contributed by atoms with E-state index in [2.05, 4.69) is 39.9 Å². The summed E-state index contributed by atoms with van der Waals surface area (Å²) in [5, 5.41) is 3.75. The van der Waals surface area contributed by atoms with E-state index in [1.54, 1.807) is 0 Å². The average Bonchev–Trinajstić information content (AvgIpc) is 2.44. The Bertz CT molecular complexity index is 249. The molecule has 0 aromatic rings. The standard InChI is InChI=1S/C20H41N/c1-6-7-10-19-11-14-20(15-12-19,16-21-18(4)5)13-8-9-17(2)3/h17-19,21H,6-16H2,1-5H3. The minimum Gasteiger partial charge on any atom is -0.314 e. The first-order chi connectivity index (χ1) is 9.97. The molecule has 0 heterocycles. The Hall–Kier alpha value is -0.0400. The molecule has 0 spiro atoms. The molecule has 1 aliphatic carbocycles. The Morgan fingerprint density at radius 3 is 2.24 bits per heavy atom. The lowest BCUT2D eigenvalue weighted by molar-refractivity contribution is 0.120. The summed E-state index contributed by atoms with van der Waals surface area (Å²) < 4.78 is 0. The third-order valence-electron chi connectivity index (χ3n) is 5.51. The summed E-state index contributed by atoms with van der Waals surface area (Å²) in [5.41, 5.74) is 0.613. The van der Waals surface area contributed by atoms with E-state index in [1.165, 1.54) is 70.8 Å². The molecule has 1 heteroatoms.